The van der Waals surface area contributed by atoms with Gasteiger partial charge in [0.15, 0.2) is 5.96 Å². The van der Waals surface area contributed by atoms with Crippen LogP contribution in [0.1, 0.15) is 25.8 Å². The lowest BCUT2D eigenvalue weighted by Gasteiger charge is -2.13. The first-order valence-electron chi connectivity index (χ1n) is 6.41. The van der Waals surface area contributed by atoms with Gasteiger partial charge in [-0.15, -0.1) is 0 Å². The molecule has 0 aliphatic heterocycles. The molecule has 0 amide bonds. The molecule has 106 valence electrons. The van der Waals surface area contributed by atoms with Crippen molar-refractivity contribution in [3.8, 4) is 0 Å². The standard InChI is InChI=1S/C14H21BrFN3/c1-10(2)6-7-18-14(17-3)19-9-11-8-12(15)4-5-13(11)16/h4-5,8,10H,6-7,9H2,1-3H3,(H2,17,18,19). The second kappa shape index (κ2) is 8.15. The number of guanidine groups is 1. The van der Waals surface area contributed by atoms with Crippen molar-refractivity contribution in [3.05, 3.63) is 34.1 Å². The Balaban J connectivity index is 2.47. The summed E-state index contributed by atoms with van der Waals surface area (Å²) in [5.74, 6) is 1.13. The van der Waals surface area contributed by atoms with E-state index in [9.17, 15) is 4.39 Å². The molecule has 1 aromatic carbocycles. The van der Waals surface area contributed by atoms with E-state index in [-0.39, 0.29) is 5.82 Å². The number of nitrogens with zero attached hydrogens (tertiary/aromatic N) is 1. The van der Waals surface area contributed by atoms with Crippen molar-refractivity contribution < 1.29 is 4.39 Å². The first-order valence-corrected chi connectivity index (χ1v) is 7.20. The van der Waals surface area contributed by atoms with Crippen LogP contribution in [0.2, 0.25) is 0 Å². The molecule has 1 rings (SSSR count). The Bertz CT molecular complexity index is 433. The number of hydrogen-bond donors (Lipinski definition) is 2. The zero-order valence-corrected chi connectivity index (χ0v) is 13.2. The molecule has 0 atom stereocenters. The summed E-state index contributed by atoms with van der Waals surface area (Å²) in [6.07, 6.45) is 1.08. The molecule has 0 saturated carbocycles. The first kappa shape index (κ1) is 16.0. The highest BCUT2D eigenvalue weighted by Crippen LogP contribution is 2.15. The van der Waals surface area contributed by atoms with Gasteiger partial charge >= 0.3 is 0 Å². The fourth-order valence-electron chi connectivity index (χ4n) is 1.56. The molecule has 0 aromatic heterocycles. The Hall–Kier alpha value is -1.10. The van der Waals surface area contributed by atoms with Crippen molar-refractivity contribution in [1.82, 2.24) is 10.6 Å². The van der Waals surface area contributed by atoms with Crippen LogP contribution >= 0.6 is 15.9 Å². The molecule has 0 spiro atoms. The minimum atomic E-state index is -0.215. The van der Waals surface area contributed by atoms with E-state index in [4.69, 9.17) is 0 Å². The number of hydrogen-bond acceptors (Lipinski definition) is 1. The van der Waals surface area contributed by atoms with Gasteiger partial charge in [-0.1, -0.05) is 29.8 Å². The summed E-state index contributed by atoms with van der Waals surface area (Å²) in [6.45, 7) is 5.62. The number of aliphatic imine (C=N–C) groups is 1. The number of nitrogens with one attached hydrogen (secondary N) is 2. The van der Waals surface area contributed by atoms with Gasteiger partial charge in [0, 0.05) is 30.2 Å². The summed E-state index contributed by atoms with van der Waals surface area (Å²) in [7, 11) is 1.71. The van der Waals surface area contributed by atoms with Crippen LogP contribution in [-0.4, -0.2) is 19.6 Å². The molecule has 0 unspecified atom stereocenters. The Morgan fingerprint density at radius 2 is 2.11 bits per heavy atom. The van der Waals surface area contributed by atoms with E-state index in [1.165, 1.54) is 6.07 Å². The van der Waals surface area contributed by atoms with Crippen LogP contribution in [-0.2, 0) is 6.54 Å². The van der Waals surface area contributed by atoms with Crippen LogP contribution in [0.4, 0.5) is 4.39 Å². The van der Waals surface area contributed by atoms with Gasteiger partial charge in [-0.25, -0.2) is 4.39 Å². The molecule has 0 aliphatic carbocycles. The minimum Gasteiger partial charge on any atom is -0.356 e. The molecule has 3 nitrogen and oxygen atoms in total. The fraction of sp³-hybridized carbons (Fsp3) is 0.500. The topological polar surface area (TPSA) is 36.4 Å². The Morgan fingerprint density at radius 1 is 1.37 bits per heavy atom. The molecule has 0 radical (unpaired) electrons. The molecule has 19 heavy (non-hydrogen) atoms. The molecule has 1 aromatic rings. The van der Waals surface area contributed by atoms with E-state index >= 15 is 0 Å². The summed E-state index contributed by atoms with van der Waals surface area (Å²) >= 11 is 3.34. The third-order valence-corrected chi connectivity index (χ3v) is 3.19. The second-order valence-electron chi connectivity index (χ2n) is 4.77. The molecular weight excluding hydrogens is 309 g/mol. The summed E-state index contributed by atoms with van der Waals surface area (Å²) in [5, 5.41) is 6.32. The molecule has 0 fully saturated rings. The average molecular weight is 330 g/mol. The maximum Gasteiger partial charge on any atom is 0.191 e. The van der Waals surface area contributed by atoms with Crippen molar-refractivity contribution >= 4 is 21.9 Å². The van der Waals surface area contributed by atoms with E-state index in [1.807, 2.05) is 0 Å². The molecular formula is C14H21BrFN3. The Morgan fingerprint density at radius 3 is 2.74 bits per heavy atom. The third kappa shape index (κ3) is 6.05. The first-order chi connectivity index (χ1) is 9.02. The Labute approximate surface area is 122 Å². The maximum atomic E-state index is 13.6. The van der Waals surface area contributed by atoms with Gasteiger partial charge in [-0.05, 0) is 30.5 Å². The van der Waals surface area contributed by atoms with Crippen molar-refractivity contribution in [1.29, 1.82) is 0 Å². The van der Waals surface area contributed by atoms with Gasteiger partial charge in [0.2, 0.25) is 0 Å². The van der Waals surface area contributed by atoms with Crippen LogP contribution in [0, 0.1) is 11.7 Å². The molecule has 2 N–H and O–H groups in total. The van der Waals surface area contributed by atoms with Crippen LogP contribution < -0.4 is 10.6 Å². The highest BCUT2D eigenvalue weighted by atomic mass is 79.9. The summed E-state index contributed by atoms with van der Waals surface area (Å²) in [4.78, 5) is 4.11. The summed E-state index contributed by atoms with van der Waals surface area (Å²) in [6, 6.07) is 4.91. The lowest BCUT2D eigenvalue weighted by atomic mass is 10.1. The van der Waals surface area contributed by atoms with Gasteiger partial charge in [-0.3, -0.25) is 4.99 Å². The smallest absolute Gasteiger partial charge is 0.191 e. The lowest BCUT2D eigenvalue weighted by Crippen LogP contribution is -2.37. The summed E-state index contributed by atoms with van der Waals surface area (Å²) in [5.41, 5.74) is 0.612. The maximum absolute atomic E-state index is 13.6. The number of rotatable bonds is 5. The van der Waals surface area contributed by atoms with E-state index in [2.05, 4.69) is 45.4 Å². The van der Waals surface area contributed by atoms with Gasteiger partial charge in [0.05, 0.1) is 0 Å². The van der Waals surface area contributed by atoms with Crippen molar-refractivity contribution in [2.75, 3.05) is 13.6 Å². The quantitative estimate of drug-likeness (QED) is 0.642. The lowest BCUT2D eigenvalue weighted by molar-refractivity contribution is 0.572. The van der Waals surface area contributed by atoms with Crippen LogP contribution in [0.15, 0.2) is 27.7 Å². The minimum absolute atomic E-state index is 0.215. The highest BCUT2D eigenvalue weighted by Gasteiger charge is 2.04. The monoisotopic (exact) mass is 329 g/mol. The normalized spacial score (nSPS) is 11.8. The second-order valence-corrected chi connectivity index (χ2v) is 5.69. The van der Waals surface area contributed by atoms with Gasteiger partial charge < -0.3 is 10.6 Å². The molecule has 0 bridgehead atoms. The SMILES string of the molecule is CN=C(NCCC(C)C)NCc1cc(Br)ccc1F. The van der Waals surface area contributed by atoms with E-state index < -0.39 is 0 Å². The zero-order chi connectivity index (χ0) is 14.3. The molecule has 5 heteroatoms. The van der Waals surface area contributed by atoms with Crippen molar-refractivity contribution in [3.63, 3.8) is 0 Å². The van der Waals surface area contributed by atoms with Crippen LogP contribution in [0.5, 0.6) is 0 Å². The molecule has 0 aliphatic rings. The third-order valence-electron chi connectivity index (χ3n) is 2.69. The van der Waals surface area contributed by atoms with Gasteiger partial charge in [0.1, 0.15) is 5.82 Å². The number of halogens is 2. The Kier molecular flexibility index (Phi) is 6.84. The van der Waals surface area contributed by atoms with Gasteiger partial charge in [-0.2, -0.15) is 0 Å². The van der Waals surface area contributed by atoms with Crippen LogP contribution in [0.25, 0.3) is 0 Å². The molecule has 0 saturated heterocycles. The summed E-state index contributed by atoms with van der Waals surface area (Å²) < 4.78 is 14.4. The predicted octanol–water partition coefficient (Wildman–Crippen LogP) is 3.30. The van der Waals surface area contributed by atoms with Crippen molar-refractivity contribution in [2.45, 2.75) is 26.8 Å². The van der Waals surface area contributed by atoms with E-state index in [0.29, 0.717) is 24.0 Å². The van der Waals surface area contributed by atoms with Crippen molar-refractivity contribution in [2.24, 2.45) is 10.9 Å². The predicted molar refractivity (Wildman–Crippen MR) is 81.8 cm³/mol. The number of benzene rings is 1. The fourth-order valence-corrected chi connectivity index (χ4v) is 1.97. The van der Waals surface area contributed by atoms with E-state index in [1.54, 1.807) is 19.2 Å². The van der Waals surface area contributed by atoms with Gasteiger partial charge in [0.25, 0.3) is 0 Å². The molecule has 0 heterocycles. The highest BCUT2D eigenvalue weighted by molar-refractivity contribution is 9.10. The largest absolute Gasteiger partial charge is 0.356 e. The van der Waals surface area contributed by atoms with E-state index in [0.717, 1.165) is 17.4 Å². The van der Waals surface area contributed by atoms with Crippen LogP contribution in [0.3, 0.4) is 0 Å². The zero-order valence-electron chi connectivity index (χ0n) is 11.6. The average Bonchev–Trinajstić information content (AvgIpc) is 2.37.